The summed E-state index contributed by atoms with van der Waals surface area (Å²) in [6.45, 7) is 0. The van der Waals surface area contributed by atoms with Crippen molar-refractivity contribution in [1.29, 1.82) is 0 Å². The number of benzene rings is 1. The van der Waals surface area contributed by atoms with E-state index in [1.54, 1.807) is 18.2 Å². The number of hydrogen-bond donors (Lipinski definition) is 0. The van der Waals surface area contributed by atoms with Crippen molar-refractivity contribution >= 4 is 12.2 Å². The third kappa shape index (κ3) is 2.92. The Balaban J connectivity index is 2.25. The summed E-state index contributed by atoms with van der Waals surface area (Å²) in [5.41, 5.74) is 2.20. The van der Waals surface area contributed by atoms with Gasteiger partial charge in [0.2, 0.25) is 0 Å². The molecule has 0 aromatic heterocycles. The second-order valence-electron chi connectivity index (χ2n) is 3.51. The van der Waals surface area contributed by atoms with Crippen LogP contribution in [0.4, 0.5) is 0 Å². The Hall–Kier alpha value is -2.15. The Bertz CT molecular complexity index is 541. The van der Waals surface area contributed by atoms with Gasteiger partial charge in [0, 0.05) is 0 Å². The van der Waals surface area contributed by atoms with Gasteiger partial charge in [0.25, 0.3) is 0 Å². The molecule has 0 aliphatic carbocycles. The number of rotatable bonds is 2. The van der Waals surface area contributed by atoms with Gasteiger partial charge in [-0.15, -0.1) is 0 Å². The highest BCUT2D eigenvalue weighted by Gasteiger charge is 1.85. The topological polar surface area (TPSA) is 17.1 Å². The molecule has 0 fully saturated rings. The molecule has 78 valence electrons. The summed E-state index contributed by atoms with van der Waals surface area (Å²) in [7, 11) is 0. The fourth-order valence-electron chi connectivity index (χ4n) is 1.41. The summed E-state index contributed by atoms with van der Waals surface area (Å²) in [6.07, 6.45) is 4.02. The molecule has 0 aliphatic heterocycles. The van der Waals surface area contributed by atoms with Crippen molar-refractivity contribution in [2.24, 2.45) is 0 Å². The molecule has 2 aromatic rings. The Morgan fingerprint density at radius 2 is 1.25 bits per heavy atom. The Labute approximate surface area is 94.7 Å². The third-order valence-corrected chi connectivity index (χ3v) is 2.26. The highest BCUT2D eigenvalue weighted by Crippen LogP contribution is 2.05. The van der Waals surface area contributed by atoms with Crippen molar-refractivity contribution in [3.8, 4) is 0 Å². The SMILES string of the molecule is O=c1cccc(/C=C\c2ccccc2)cc1. The second kappa shape index (κ2) is 5.08. The van der Waals surface area contributed by atoms with Crippen LogP contribution in [0.2, 0.25) is 0 Å². The van der Waals surface area contributed by atoms with Gasteiger partial charge < -0.3 is 0 Å². The van der Waals surface area contributed by atoms with Crippen molar-refractivity contribution in [2.45, 2.75) is 0 Å². The van der Waals surface area contributed by atoms with Gasteiger partial charge in [-0.1, -0.05) is 60.7 Å². The maximum Gasteiger partial charge on any atom is 0.178 e. The highest BCUT2D eigenvalue weighted by atomic mass is 16.1. The van der Waals surface area contributed by atoms with Gasteiger partial charge in [-0.2, -0.15) is 0 Å². The summed E-state index contributed by atoms with van der Waals surface area (Å²) in [5, 5.41) is 0. The average molecular weight is 208 g/mol. The van der Waals surface area contributed by atoms with E-state index in [1.165, 1.54) is 0 Å². The molecule has 0 amide bonds. The van der Waals surface area contributed by atoms with Gasteiger partial charge in [-0.3, -0.25) is 4.79 Å². The Kier molecular flexibility index (Phi) is 3.29. The van der Waals surface area contributed by atoms with Gasteiger partial charge >= 0.3 is 0 Å². The lowest BCUT2D eigenvalue weighted by atomic mass is 10.2. The molecule has 2 aromatic carbocycles. The van der Waals surface area contributed by atoms with E-state index in [2.05, 4.69) is 0 Å². The molecule has 1 heteroatoms. The first kappa shape index (κ1) is 10.4. The smallest absolute Gasteiger partial charge is 0.178 e. The van der Waals surface area contributed by atoms with E-state index in [4.69, 9.17) is 0 Å². The minimum absolute atomic E-state index is 0.0272. The van der Waals surface area contributed by atoms with Crippen LogP contribution in [0, 0.1) is 0 Å². The maximum atomic E-state index is 11.1. The van der Waals surface area contributed by atoms with Crippen LogP contribution in [0.15, 0.2) is 65.5 Å². The van der Waals surface area contributed by atoms with E-state index in [9.17, 15) is 4.79 Å². The molecule has 0 N–H and O–H groups in total. The van der Waals surface area contributed by atoms with Crippen molar-refractivity contribution in [3.05, 3.63) is 82.0 Å². The van der Waals surface area contributed by atoms with Crippen LogP contribution < -0.4 is 5.43 Å². The summed E-state index contributed by atoms with van der Waals surface area (Å²) >= 11 is 0. The molecule has 16 heavy (non-hydrogen) atoms. The minimum Gasteiger partial charge on any atom is -0.290 e. The lowest BCUT2D eigenvalue weighted by Crippen LogP contribution is -1.87. The summed E-state index contributed by atoms with van der Waals surface area (Å²) in [6, 6.07) is 18.7. The molecule has 0 heterocycles. The molecule has 0 aliphatic rings. The molecule has 0 unspecified atom stereocenters. The summed E-state index contributed by atoms with van der Waals surface area (Å²) in [4.78, 5) is 11.1. The second-order valence-corrected chi connectivity index (χ2v) is 3.51. The fraction of sp³-hybridized carbons (Fsp3) is 0. The van der Waals surface area contributed by atoms with Gasteiger partial charge in [-0.25, -0.2) is 0 Å². The zero-order valence-electron chi connectivity index (χ0n) is 8.84. The largest absolute Gasteiger partial charge is 0.290 e. The monoisotopic (exact) mass is 208 g/mol. The lowest BCUT2D eigenvalue weighted by Gasteiger charge is -1.90. The van der Waals surface area contributed by atoms with Crippen molar-refractivity contribution < 1.29 is 0 Å². The van der Waals surface area contributed by atoms with Crippen LogP contribution in [0.1, 0.15) is 11.1 Å². The van der Waals surface area contributed by atoms with Crippen molar-refractivity contribution in [1.82, 2.24) is 0 Å². The maximum absolute atomic E-state index is 11.1. The van der Waals surface area contributed by atoms with E-state index in [-0.39, 0.29) is 5.43 Å². The molecule has 0 spiro atoms. The first-order valence-corrected chi connectivity index (χ1v) is 5.18. The number of hydrogen-bond acceptors (Lipinski definition) is 1. The fourth-order valence-corrected chi connectivity index (χ4v) is 1.41. The first-order valence-electron chi connectivity index (χ1n) is 5.18. The molecule has 0 atom stereocenters. The predicted molar refractivity (Wildman–Crippen MR) is 68.1 cm³/mol. The van der Waals surface area contributed by atoms with Gasteiger partial charge in [0.05, 0.1) is 0 Å². The van der Waals surface area contributed by atoms with Crippen LogP contribution in [0.5, 0.6) is 0 Å². The standard InChI is InChI=1S/C15H12O/c16-15-8-4-7-14(11-12-15)10-9-13-5-2-1-3-6-13/h1-12H/b10-9-. The molecule has 0 saturated carbocycles. The summed E-state index contributed by atoms with van der Waals surface area (Å²) < 4.78 is 0. The molecule has 1 nitrogen and oxygen atoms in total. The average Bonchev–Trinajstić information content (AvgIpc) is 2.53. The minimum atomic E-state index is 0.0272. The third-order valence-electron chi connectivity index (χ3n) is 2.26. The van der Waals surface area contributed by atoms with E-state index < -0.39 is 0 Å². The molecule has 0 saturated heterocycles. The first-order chi connectivity index (χ1) is 7.84. The van der Waals surface area contributed by atoms with Gasteiger partial charge in [0.15, 0.2) is 5.43 Å². The molecular formula is C15H12O. The Morgan fingerprint density at radius 3 is 2.00 bits per heavy atom. The lowest BCUT2D eigenvalue weighted by molar-refractivity contribution is 1.66. The highest BCUT2D eigenvalue weighted by molar-refractivity contribution is 5.69. The van der Waals surface area contributed by atoms with Gasteiger partial charge in [-0.05, 0) is 23.3 Å². The van der Waals surface area contributed by atoms with Crippen molar-refractivity contribution in [3.63, 3.8) is 0 Å². The van der Waals surface area contributed by atoms with Crippen LogP contribution >= 0.6 is 0 Å². The molecular weight excluding hydrogens is 196 g/mol. The van der Waals surface area contributed by atoms with E-state index in [0.29, 0.717) is 0 Å². The van der Waals surface area contributed by atoms with Crippen LogP contribution in [0.3, 0.4) is 0 Å². The van der Waals surface area contributed by atoms with Crippen molar-refractivity contribution in [2.75, 3.05) is 0 Å². The molecule has 0 bridgehead atoms. The summed E-state index contributed by atoms with van der Waals surface area (Å²) in [5.74, 6) is 0. The predicted octanol–water partition coefficient (Wildman–Crippen LogP) is 3.22. The molecule has 0 radical (unpaired) electrons. The quantitative estimate of drug-likeness (QED) is 0.740. The Morgan fingerprint density at radius 1 is 0.625 bits per heavy atom. The normalized spacial score (nSPS) is 10.5. The van der Waals surface area contributed by atoms with Crippen LogP contribution in [-0.4, -0.2) is 0 Å². The van der Waals surface area contributed by atoms with E-state index in [0.717, 1.165) is 11.1 Å². The zero-order chi connectivity index (χ0) is 11.2. The van der Waals surface area contributed by atoms with E-state index >= 15 is 0 Å². The van der Waals surface area contributed by atoms with Crippen LogP contribution in [-0.2, 0) is 0 Å². The zero-order valence-corrected chi connectivity index (χ0v) is 8.84. The molecule has 2 rings (SSSR count). The van der Waals surface area contributed by atoms with E-state index in [1.807, 2.05) is 54.6 Å². The van der Waals surface area contributed by atoms with Gasteiger partial charge in [0.1, 0.15) is 0 Å². The van der Waals surface area contributed by atoms with Crippen LogP contribution in [0.25, 0.3) is 12.2 Å².